The van der Waals surface area contributed by atoms with Crippen molar-refractivity contribution in [1.29, 1.82) is 5.26 Å². The number of rotatable bonds is 7. The van der Waals surface area contributed by atoms with Gasteiger partial charge < -0.3 is 5.11 Å². The van der Waals surface area contributed by atoms with Gasteiger partial charge in [0.2, 0.25) is 0 Å². The van der Waals surface area contributed by atoms with Crippen LogP contribution < -0.4 is 0 Å². The molecule has 0 bridgehead atoms. The Hall–Kier alpha value is -1.29. The Morgan fingerprint density at radius 3 is 2.33 bits per heavy atom. The van der Waals surface area contributed by atoms with Crippen LogP contribution in [0.15, 0.2) is 0 Å². The zero-order valence-electron chi connectivity index (χ0n) is 10.4. The average Bonchev–Trinajstić information content (AvgIpc) is 2.20. The standard InChI is InChI=1S/C11H17F3N2O2/c1-8(2)16(5-3-4-10(17)18)7-9(6-15)11(12,13)14/h8-9H,3-5,7H2,1-2H3,(H,17,18). The van der Waals surface area contributed by atoms with Crippen molar-refractivity contribution in [3.63, 3.8) is 0 Å². The summed E-state index contributed by atoms with van der Waals surface area (Å²) in [7, 11) is 0. The number of carboxylic acids is 1. The molecule has 104 valence electrons. The Balaban J connectivity index is 4.44. The van der Waals surface area contributed by atoms with Gasteiger partial charge in [0, 0.05) is 19.0 Å². The number of nitrogens with zero attached hydrogens (tertiary/aromatic N) is 2. The lowest BCUT2D eigenvalue weighted by atomic mass is 10.1. The summed E-state index contributed by atoms with van der Waals surface area (Å²) in [5.41, 5.74) is 0. The summed E-state index contributed by atoms with van der Waals surface area (Å²) in [6, 6.07) is 1.07. The van der Waals surface area contributed by atoms with E-state index in [1.165, 1.54) is 11.0 Å². The predicted molar refractivity (Wildman–Crippen MR) is 58.7 cm³/mol. The lowest BCUT2D eigenvalue weighted by molar-refractivity contribution is -0.164. The highest BCUT2D eigenvalue weighted by atomic mass is 19.4. The Labute approximate surface area is 104 Å². The third kappa shape index (κ3) is 6.45. The van der Waals surface area contributed by atoms with Crippen LogP contribution in [-0.4, -0.2) is 41.3 Å². The molecular weight excluding hydrogens is 249 g/mol. The Morgan fingerprint density at radius 1 is 1.44 bits per heavy atom. The molecule has 0 heterocycles. The summed E-state index contributed by atoms with van der Waals surface area (Å²) >= 11 is 0. The number of hydrogen-bond acceptors (Lipinski definition) is 3. The lowest BCUT2D eigenvalue weighted by Gasteiger charge is -2.28. The molecule has 0 rings (SSSR count). The van der Waals surface area contributed by atoms with Crippen LogP contribution in [0, 0.1) is 17.2 Å². The van der Waals surface area contributed by atoms with Gasteiger partial charge in [0.05, 0.1) is 6.07 Å². The van der Waals surface area contributed by atoms with Gasteiger partial charge in [-0.2, -0.15) is 18.4 Å². The molecule has 1 atom stereocenters. The highest BCUT2D eigenvalue weighted by Crippen LogP contribution is 2.27. The number of carboxylic acid groups (broad SMARTS) is 1. The van der Waals surface area contributed by atoms with Crippen LogP contribution >= 0.6 is 0 Å². The summed E-state index contributed by atoms with van der Waals surface area (Å²) in [6.45, 7) is 3.24. The van der Waals surface area contributed by atoms with E-state index in [1.54, 1.807) is 13.8 Å². The Morgan fingerprint density at radius 2 is 2.00 bits per heavy atom. The fourth-order valence-corrected chi connectivity index (χ4v) is 1.45. The molecule has 0 aromatic rings. The topological polar surface area (TPSA) is 64.3 Å². The molecule has 0 aliphatic heterocycles. The van der Waals surface area contributed by atoms with Gasteiger partial charge in [-0.1, -0.05) is 0 Å². The van der Waals surface area contributed by atoms with Gasteiger partial charge in [-0.25, -0.2) is 0 Å². The molecule has 0 spiro atoms. The monoisotopic (exact) mass is 266 g/mol. The quantitative estimate of drug-likeness (QED) is 0.767. The second-order valence-electron chi connectivity index (χ2n) is 4.31. The first-order valence-electron chi connectivity index (χ1n) is 5.60. The summed E-state index contributed by atoms with van der Waals surface area (Å²) in [5, 5.41) is 17.0. The normalized spacial score (nSPS) is 13.7. The van der Waals surface area contributed by atoms with E-state index in [0.717, 1.165) is 0 Å². The Kier molecular flexibility index (Phi) is 6.70. The van der Waals surface area contributed by atoms with Crippen LogP contribution in [0.3, 0.4) is 0 Å². The molecule has 4 nitrogen and oxygen atoms in total. The third-order valence-electron chi connectivity index (χ3n) is 2.53. The summed E-state index contributed by atoms with van der Waals surface area (Å²) in [5.74, 6) is -3.02. The molecule has 7 heteroatoms. The van der Waals surface area contributed by atoms with Crippen molar-refractivity contribution in [2.45, 2.75) is 38.9 Å². The summed E-state index contributed by atoms with van der Waals surface area (Å²) in [4.78, 5) is 11.8. The minimum absolute atomic E-state index is 0.0908. The van der Waals surface area contributed by atoms with E-state index in [-0.39, 0.29) is 25.4 Å². The summed E-state index contributed by atoms with van der Waals surface area (Å²) < 4.78 is 37.4. The number of aliphatic carboxylic acids is 1. The molecule has 0 saturated carbocycles. The molecular formula is C11H17F3N2O2. The van der Waals surface area contributed by atoms with E-state index in [9.17, 15) is 18.0 Å². The van der Waals surface area contributed by atoms with Crippen LogP contribution in [0.25, 0.3) is 0 Å². The largest absolute Gasteiger partial charge is 0.481 e. The molecule has 0 amide bonds. The second-order valence-corrected chi connectivity index (χ2v) is 4.31. The maximum absolute atomic E-state index is 12.5. The van der Waals surface area contributed by atoms with Gasteiger partial charge in [0.1, 0.15) is 0 Å². The molecule has 0 aromatic carbocycles. The van der Waals surface area contributed by atoms with Gasteiger partial charge in [-0.05, 0) is 26.8 Å². The van der Waals surface area contributed by atoms with Crippen molar-refractivity contribution >= 4 is 5.97 Å². The molecule has 0 radical (unpaired) electrons. The third-order valence-corrected chi connectivity index (χ3v) is 2.53. The summed E-state index contributed by atoms with van der Waals surface area (Å²) in [6.07, 6.45) is -4.37. The van der Waals surface area contributed by atoms with E-state index in [4.69, 9.17) is 10.4 Å². The fourth-order valence-electron chi connectivity index (χ4n) is 1.45. The molecule has 1 unspecified atom stereocenters. The van der Waals surface area contributed by atoms with Crippen molar-refractivity contribution in [2.24, 2.45) is 5.92 Å². The maximum atomic E-state index is 12.5. The van der Waals surface area contributed by atoms with Crippen molar-refractivity contribution in [2.75, 3.05) is 13.1 Å². The van der Waals surface area contributed by atoms with Crippen molar-refractivity contribution in [1.82, 2.24) is 4.90 Å². The highest BCUT2D eigenvalue weighted by molar-refractivity contribution is 5.66. The van der Waals surface area contributed by atoms with Crippen LogP contribution in [0.1, 0.15) is 26.7 Å². The predicted octanol–water partition coefficient (Wildman–Crippen LogP) is 2.26. The number of carbonyl (C=O) groups is 1. The molecule has 0 fully saturated rings. The Bertz CT molecular complexity index is 310. The lowest BCUT2D eigenvalue weighted by Crippen LogP contribution is -2.40. The minimum atomic E-state index is -4.55. The highest BCUT2D eigenvalue weighted by Gasteiger charge is 2.41. The first-order chi connectivity index (χ1) is 8.18. The number of hydrogen-bond donors (Lipinski definition) is 1. The van der Waals surface area contributed by atoms with Gasteiger partial charge in [0.15, 0.2) is 5.92 Å². The molecule has 0 saturated heterocycles. The maximum Gasteiger partial charge on any atom is 0.405 e. The smallest absolute Gasteiger partial charge is 0.405 e. The SMILES string of the molecule is CC(C)N(CCCC(=O)O)CC(C#N)C(F)(F)F. The first-order valence-corrected chi connectivity index (χ1v) is 5.60. The zero-order chi connectivity index (χ0) is 14.3. The zero-order valence-corrected chi connectivity index (χ0v) is 10.4. The minimum Gasteiger partial charge on any atom is -0.481 e. The van der Waals surface area contributed by atoms with E-state index in [1.807, 2.05) is 0 Å². The van der Waals surface area contributed by atoms with Crippen LogP contribution in [0.4, 0.5) is 13.2 Å². The second kappa shape index (κ2) is 7.21. The van der Waals surface area contributed by atoms with E-state index >= 15 is 0 Å². The van der Waals surface area contributed by atoms with Crippen molar-refractivity contribution in [3.8, 4) is 6.07 Å². The van der Waals surface area contributed by atoms with Crippen molar-refractivity contribution < 1.29 is 23.1 Å². The van der Waals surface area contributed by atoms with Gasteiger partial charge in [-0.3, -0.25) is 9.69 Å². The molecule has 18 heavy (non-hydrogen) atoms. The first kappa shape index (κ1) is 16.7. The van der Waals surface area contributed by atoms with E-state index in [2.05, 4.69) is 0 Å². The number of nitriles is 1. The van der Waals surface area contributed by atoms with Crippen LogP contribution in [0.5, 0.6) is 0 Å². The average molecular weight is 266 g/mol. The number of alkyl halides is 3. The fraction of sp³-hybridized carbons (Fsp3) is 0.818. The molecule has 0 aromatic heterocycles. The van der Waals surface area contributed by atoms with Crippen LogP contribution in [0.2, 0.25) is 0 Å². The van der Waals surface area contributed by atoms with Gasteiger partial charge >= 0.3 is 12.1 Å². The van der Waals surface area contributed by atoms with Crippen molar-refractivity contribution in [3.05, 3.63) is 0 Å². The van der Waals surface area contributed by atoms with Gasteiger partial charge in [0.25, 0.3) is 0 Å². The van der Waals surface area contributed by atoms with Gasteiger partial charge in [-0.15, -0.1) is 0 Å². The number of halogens is 3. The van der Waals surface area contributed by atoms with E-state index < -0.39 is 24.6 Å². The van der Waals surface area contributed by atoms with E-state index in [0.29, 0.717) is 0 Å². The molecule has 1 N–H and O–H groups in total. The molecule has 0 aliphatic carbocycles. The van der Waals surface area contributed by atoms with Crippen LogP contribution in [-0.2, 0) is 4.79 Å². The molecule has 0 aliphatic rings.